The van der Waals surface area contributed by atoms with Crippen LogP contribution < -0.4 is 5.32 Å². The molecule has 5 nitrogen and oxygen atoms in total. The molecule has 2 aromatic rings. The number of anilines is 1. The Morgan fingerprint density at radius 3 is 2.32 bits per heavy atom. The number of hydrogen-bond acceptors (Lipinski definition) is 3. The molecular weight excluding hydrogens is 431 g/mol. The molecule has 1 aliphatic heterocycles. The fourth-order valence-corrected chi connectivity index (χ4v) is 3.47. The lowest BCUT2D eigenvalue weighted by atomic mass is 10.1. The molecule has 1 aliphatic rings. The molecule has 0 saturated carbocycles. The molecule has 0 aliphatic carbocycles. The maximum Gasteiger partial charge on any atom is 0.261 e. The first-order valence-electron chi connectivity index (χ1n) is 7.98. The summed E-state index contributed by atoms with van der Waals surface area (Å²) in [5.41, 5.74) is 2.66. The van der Waals surface area contributed by atoms with Crippen LogP contribution in [0.2, 0.25) is 0 Å². The summed E-state index contributed by atoms with van der Waals surface area (Å²) in [5, 5.41) is 2.87. The highest BCUT2D eigenvalue weighted by molar-refractivity contribution is 14.1. The highest BCUT2D eigenvalue weighted by atomic mass is 127. The highest BCUT2D eigenvalue weighted by Gasteiger charge is 2.34. The maximum absolute atomic E-state index is 12.3. The van der Waals surface area contributed by atoms with Crippen molar-refractivity contribution in [3.8, 4) is 0 Å². The number of amides is 3. The van der Waals surface area contributed by atoms with Gasteiger partial charge in [0, 0.05) is 22.2 Å². The van der Waals surface area contributed by atoms with Gasteiger partial charge in [-0.2, -0.15) is 0 Å². The summed E-state index contributed by atoms with van der Waals surface area (Å²) in [7, 11) is 0. The summed E-state index contributed by atoms with van der Waals surface area (Å²) in [6.45, 7) is 2.18. The molecule has 1 N–H and O–H groups in total. The van der Waals surface area contributed by atoms with Crippen molar-refractivity contribution in [3.63, 3.8) is 0 Å². The van der Waals surface area contributed by atoms with Crippen LogP contribution >= 0.6 is 22.6 Å². The Labute approximate surface area is 159 Å². The second-order valence-electron chi connectivity index (χ2n) is 5.92. The van der Waals surface area contributed by atoms with Gasteiger partial charge >= 0.3 is 0 Å². The summed E-state index contributed by atoms with van der Waals surface area (Å²) in [4.78, 5) is 37.8. The van der Waals surface area contributed by atoms with Gasteiger partial charge in [0.25, 0.3) is 11.8 Å². The molecule has 2 aromatic carbocycles. The van der Waals surface area contributed by atoms with E-state index in [0.717, 1.165) is 14.8 Å². The maximum atomic E-state index is 12.3. The van der Waals surface area contributed by atoms with Crippen molar-refractivity contribution in [1.29, 1.82) is 0 Å². The fourth-order valence-electron chi connectivity index (χ4n) is 2.82. The monoisotopic (exact) mass is 448 g/mol. The van der Waals surface area contributed by atoms with Crippen LogP contribution in [0.5, 0.6) is 0 Å². The van der Waals surface area contributed by atoms with Gasteiger partial charge in [0.05, 0.1) is 11.1 Å². The SMILES string of the molecule is Cc1cc(I)ccc1NC(=O)CCCN1C(=O)c2ccccc2C1=O. The molecule has 128 valence electrons. The van der Waals surface area contributed by atoms with Gasteiger partial charge in [-0.25, -0.2) is 0 Å². The minimum atomic E-state index is -0.283. The number of halogens is 1. The van der Waals surface area contributed by atoms with Crippen LogP contribution in [0.3, 0.4) is 0 Å². The van der Waals surface area contributed by atoms with Gasteiger partial charge in [-0.1, -0.05) is 12.1 Å². The third kappa shape index (κ3) is 3.73. The van der Waals surface area contributed by atoms with Gasteiger partial charge in [0.1, 0.15) is 0 Å². The first-order valence-corrected chi connectivity index (χ1v) is 9.06. The number of carbonyl (C=O) groups excluding carboxylic acids is 3. The number of imide groups is 1. The first kappa shape index (κ1) is 17.6. The van der Waals surface area contributed by atoms with Gasteiger partial charge in [0.2, 0.25) is 5.91 Å². The van der Waals surface area contributed by atoms with E-state index in [2.05, 4.69) is 27.9 Å². The number of nitrogens with one attached hydrogen (secondary N) is 1. The van der Waals surface area contributed by atoms with Crippen LogP contribution in [-0.4, -0.2) is 29.2 Å². The number of nitrogens with zero attached hydrogens (tertiary/aromatic N) is 1. The molecule has 0 radical (unpaired) electrons. The fraction of sp³-hybridized carbons (Fsp3) is 0.211. The van der Waals surface area contributed by atoms with Gasteiger partial charge in [0.15, 0.2) is 0 Å². The minimum Gasteiger partial charge on any atom is -0.326 e. The summed E-state index contributed by atoms with van der Waals surface area (Å²) in [5.74, 6) is -0.690. The van der Waals surface area contributed by atoms with E-state index in [1.165, 1.54) is 4.90 Å². The van der Waals surface area contributed by atoms with Crippen LogP contribution in [0.15, 0.2) is 42.5 Å². The average Bonchev–Trinajstić information content (AvgIpc) is 2.83. The molecule has 0 saturated heterocycles. The zero-order valence-corrected chi connectivity index (χ0v) is 15.9. The highest BCUT2D eigenvalue weighted by Crippen LogP contribution is 2.23. The van der Waals surface area contributed by atoms with Gasteiger partial charge in [-0.3, -0.25) is 19.3 Å². The number of carbonyl (C=O) groups is 3. The Morgan fingerprint density at radius 1 is 1.08 bits per heavy atom. The molecule has 1 heterocycles. The molecule has 3 amide bonds. The van der Waals surface area contributed by atoms with Crippen molar-refractivity contribution in [2.24, 2.45) is 0 Å². The smallest absolute Gasteiger partial charge is 0.261 e. The van der Waals surface area contributed by atoms with Crippen molar-refractivity contribution < 1.29 is 14.4 Å². The van der Waals surface area contributed by atoms with Crippen LogP contribution in [0, 0.1) is 10.5 Å². The zero-order chi connectivity index (χ0) is 18.0. The molecular formula is C19H17IN2O3. The van der Waals surface area contributed by atoms with Gasteiger partial charge in [-0.15, -0.1) is 0 Å². The second kappa shape index (κ2) is 7.35. The molecule has 0 unspecified atom stereocenters. The Kier molecular flexibility index (Phi) is 5.17. The topological polar surface area (TPSA) is 66.5 Å². The van der Waals surface area contributed by atoms with Crippen LogP contribution in [0.1, 0.15) is 39.1 Å². The number of aryl methyl sites for hydroxylation is 1. The lowest BCUT2D eigenvalue weighted by molar-refractivity contribution is -0.116. The lowest BCUT2D eigenvalue weighted by Crippen LogP contribution is -2.31. The van der Waals surface area contributed by atoms with E-state index in [1.54, 1.807) is 24.3 Å². The predicted octanol–water partition coefficient (Wildman–Crippen LogP) is 3.61. The number of hydrogen-bond donors (Lipinski definition) is 1. The van der Waals surface area contributed by atoms with E-state index < -0.39 is 0 Å². The molecule has 0 bridgehead atoms. The Morgan fingerprint density at radius 2 is 1.72 bits per heavy atom. The third-order valence-corrected chi connectivity index (χ3v) is 4.80. The second-order valence-corrected chi connectivity index (χ2v) is 7.16. The number of rotatable bonds is 5. The zero-order valence-electron chi connectivity index (χ0n) is 13.7. The number of fused-ring (bicyclic) bond motifs is 1. The van der Waals surface area contributed by atoms with Crippen LogP contribution in [0.25, 0.3) is 0 Å². The molecule has 0 aromatic heterocycles. The van der Waals surface area contributed by atoms with E-state index >= 15 is 0 Å². The molecule has 6 heteroatoms. The van der Waals surface area contributed by atoms with Gasteiger partial charge < -0.3 is 5.32 Å². The molecule has 3 rings (SSSR count). The normalized spacial score (nSPS) is 13.1. The Hall–Kier alpha value is -2.22. The molecule has 0 spiro atoms. The third-order valence-electron chi connectivity index (χ3n) is 4.13. The Balaban J connectivity index is 1.54. The lowest BCUT2D eigenvalue weighted by Gasteiger charge is -2.14. The van der Waals surface area contributed by atoms with E-state index in [0.29, 0.717) is 17.5 Å². The predicted molar refractivity (Wildman–Crippen MR) is 104 cm³/mol. The van der Waals surface area contributed by atoms with Gasteiger partial charge in [-0.05, 0) is 71.8 Å². The average molecular weight is 448 g/mol. The van der Waals surface area contributed by atoms with E-state index in [-0.39, 0.29) is 30.7 Å². The summed E-state index contributed by atoms with van der Waals surface area (Å²) < 4.78 is 1.11. The number of benzene rings is 2. The van der Waals surface area contributed by atoms with E-state index in [4.69, 9.17) is 0 Å². The van der Waals surface area contributed by atoms with Crippen molar-refractivity contribution in [1.82, 2.24) is 4.90 Å². The van der Waals surface area contributed by atoms with Crippen molar-refractivity contribution in [2.45, 2.75) is 19.8 Å². The Bertz CT molecular complexity index is 828. The first-order chi connectivity index (χ1) is 12.0. The molecule has 25 heavy (non-hydrogen) atoms. The van der Waals surface area contributed by atoms with E-state index in [9.17, 15) is 14.4 Å². The van der Waals surface area contributed by atoms with Crippen LogP contribution in [0.4, 0.5) is 5.69 Å². The van der Waals surface area contributed by atoms with Crippen molar-refractivity contribution in [3.05, 3.63) is 62.7 Å². The van der Waals surface area contributed by atoms with E-state index in [1.807, 2.05) is 25.1 Å². The van der Waals surface area contributed by atoms with Crippen molar-refractivity contribution in [2.75, 3.05) is 11.9 Å². The summed E-state index contributed by atoms with van der Waals surface area (Å²) >= 11 is 2.22. The van der Waals surface area contributed by atoms with Crippen LogP contribution in [-0.2, 0) is 4.79 Å². The minimum absolute atomic E-state index is 0.124. The quantitative estimate of drug-likeness (QED) is 0.562. The summed E-state index contributed by atoms with van der Waals surface area (Å²) in [6, 6.07) is 12.6. The molecule has 0 atom stereocenters. The standard InChI is InChI=1S/C19H17IN2O3/c1-12-11-13(20)8-9-16(12)21-17(23)7-4-10-22-18(24)14-5-2-3-6-15(14)19(22)25/h2-3,5-6,8-9,11H,4,7,10H2,1H3,(H,21,23). The van der Waals surface area contributed by atoms with Crippen molar-refractivity contribution >= 4 is 46.0 Å². The summed E-state index contributed by atoms with van der Waals surface area (Å²) in [6.07, 6.45) is 0.680. The molecule has 0 fully saturated rings. The largest absolute Gasteiger partial charge is 0.326 e.